The van der Waals surface area contributed by atoms with Crippen molar-refractivity contribution in [3.05, 3.63) is 34.3 Å². The Hall–Kier alpha value is -1.01. The van der Waals surface area contributed by atoms with Crippen LogP contribution in [0.15, 0.2) is 28.7 Å². The van der Waals surface area contributed by atoms with E-state index in [1.54, 1.807) is 24.3 Å². The van der Waals surface area contributed by atoms with Crippen molar-refractivity contribution in [2.24, 2.45) is 0 Å². The monoisotopic (exact) mass is 318 g/mol. The molecule has 0 unspecified atom stereocenters. The first kappa shape index (κ1) is 13.4. The fraction of sp³-hybridized carbons (Fsp3) is 0.417. The molecule has 0 atom stereocenters. The van der Waals surface area contributed by atoms with Gasteiger partial charge in [0.2, 0.25) is 5.91 Å². The summed E-state index contributed by atoms with van der Waals surface area (Å²) in [6.45, 7) is 0. The molecule has 0 bridgehead atoms. The van der Waals surface area contributed by atoms with Crippen molar-refractivity contribution in [3.8, 4) is 0 Å². The Morgan fingerprint density at radius 2 is 2.06 bits per heavy atom. The standard InChI is InChI=1S/C12H13BrF2N2O/c1-16-17-10(18)11(6-12(14,15)7-11)8-3-2-4-9(13)5-8/h2-5,16H,6-7H2,1H3,(H,17,18). The number of alkyl halides is 2. The Balaban J connectivity index is 2.35. The molecule has 1 fully saturated rings. The molecule has 1 saturated carbocycles. The highest BCUT2D eigenvalue weighted by Crippen LogP contribution is 2.53. The Bertz CT molecular complexity index is 471. The molecule has 18 heavy (non-hydrogen) atoms. The first-order valence-corrected chi connectivity index (χ1v) is 6.30. The van der Waals surface area contributed by atoms with Crippen LogP contribution in [0.3, 0.4) is 0 Å². The number of amides is 1. The van der Waals surface area contributed by atoms with E-state index in [2.05, 4.69) is 26.8 Å². The summed E-state index contributed by atoms with van der Waals surface area (Å²) in [6.07, 6.45) is -0.909. The zero-order valence-electron chi connectivity index (χ0n) is 9.77. The lowest BCUT2D eigenvalue weighted by atomic mass is 9.61. The Morgan fingerprint density at radius 3 is 2.56 bits per heavy atom. The zero-order valence-corrected chi connectivity index (χ0v) is 11.4. The summed E-state index contributed by atoms with van der Waals surface area (Å²) in [5.41, 5.74) is 4.37. The first-order valence-electron chi connectivity index (χ1n) is 5.51. The molecule has 1 aromatic rings. The van der Waals surface area contributed by atoms with E-state index in [4.69, 9.17) is 0 Å². The van der Waals surface area contributed by atoms with E-state index in [0.29, 0.717) is 5.56 Å². The second kappa shape index (κ2) is 4.59. The summed E-state index contributed by atoms with van der Waals surface area (Å²) in [6, 6.07) is 6.95. The molecule has 0 spiro atoms. The topological polar surface area (TPSA) is 41.1 Å². The lowest BCUT2D eigenvalue weighted by molar-refractivity contribution is -0.159. The van der Waals surface area contributed by atoms with Crippen molar-refractivity contribution >= 4 is 21.8 Å². The summed E-state index contributed by atoms with van der Waals surface area (Å²) >= 11 is 3.29. The average molecular weight is 319 g/mol. The molecule has 98 valence electrons. The number of hydrogen-bond acceptors (Lipinski definition) is 2. The minimum Gasteiger partial charge on any atom is -0.291 e. The number of halogens is 3. The van der Waals surface area contributed by atoms with Crippen LogP contribution in [-0.4, -0.2) is 18.9 Å². The van der Waals surface area contributed by atoms with Gasteiger partial charge in [-0.15, -0.1) is 0 Å². The lowest BCUT2D eigenvalue weighted by Gasteiger charge is -2.46. The first-order chi connectivity index (χ1) is 8.39. The molecule has 1 aromatic carbocycles. The largest absolute Gasteiger partial charge is 0.291 e. The molecule has 3 nitrogen and oxygen atoms in total. The predicted molar refractivity (Wildman–Crippen MR) is 67.2 cm³/mol. The molecule has 0 aliphatic heterocycles. The molecule has 1 aliphatic carbocycles. The summed E-state index contributed by atoms with van der Waals surface area (Å²) < 4.78 is 27.2. The van der Waals surface area contributed by atoms with Gasteiger partial charge in [-0.25, -0.2) is 14.2 Å². The Labute approximate surface area is 112 Å². The van der Waals surface area contributed by atoms with Gasteiger partial charge in [-0.3, -0.25) is 10.2 Å². The lowest BCUT2D eigenvalue weighted by Crippen LogP contribution is -2.59. The normalized spacial score (nSPS) is 20.0. The number of carbonyl (C=O) groups excluding carboxylic acids is 1. The molecule has 0 saturated heterocycles. The van der Waals surface area contributed by atoms with E-state index >= 15 is 0 Å². The second-order valence-electron chi connectivity index (χ2n) is 4.51. The third kappa shape index (κ3) is 2.27. The van der Waals surface area contributed by atoms with Crippen LogP contribution in [0, 0.1) is 0 Å². The van der Waals surface area contributed by atoms with E-state index in [1.807, 2.05) is 0 Å². The van der Waals surface area contributed by atoms with Crippen LogP contribution < -0.4 is 10.9 Å². The van der Waals surface area contributed by atoms with Crippen molar-refractivity contribution in [1.82, 2.24) is 10.9 Å². The number of hydrogen-bond donors (Lipinski definition) is 2. The smallest absolute Gasteiger partial charge is 0.250 e. The highest BCUT2D eigenvalue weighted by Gasteiger charge is 2.61. The Kier molecular flexibility index (Phi) is 3.42. The maximum Gasteiger partial charge on any atom is 0.250 e. The van der Waals surface area contributed by atoms with Gasteiger partial charge in [0.1, 0.15) is 0 Å². The average Bonchev–Trinajstić information content (AvgIpc) is 2.25. The van der Waals surface area contributed by atoms with Crippen molar-refractivity contribution in [3.63, 3.8) is 0 Å². The molecule has 1 amide bonds. The molecular weight excluding hydrogens is 306 g/mol. The van der Waals surface area contributed by atoms with E-state index < -0.39 is 30.1 Å². The van der Waals surface area contributed by atoms with Crippen LogP contribution in [0.5, 0.6) is 0 Å². The number of rotatable bonds is 3. The van der Waals surface area contributed by atoms with Gasteiger partial charge in [-0.1, -0.05) is 28.1 Å². The maximum atomic E-state index is 13.2. The molecule has 0 radical (unpaired) electrons. The fourth-order valence-corrected chi connectivity index (χ4v) is 2.75. The minimum atomic E-state index is -2.77. The van der Waals surface area contributed by atoms with Crippen LogP contribution in [0.4, 0.5) is 8.78 Å². The van der Waals surface area contributed by atoms with Gasteiger partial charge in [0, 0.05) is 24.4 Å². The molecular formula is C12H13BrF2N2O. The van der Waals surface area contributed by atoms with Gasteiger partial charge in [-0.05, 0) is 17.7 Å². The van der Waals surface area contributed by atoms with Gasteiger partial charge in [0.25, 0.3) is 5.92 Å². The van der Waals surface area contributed by atoms with E-state index in [0.717, 1.165) is 4.47 Å². The summed E-state index contributed by atoms with van der Waals surface area (Å²) in [5.74, 6) is -3.19. The minimum absolute atomic E-state index is 0.422. The number of benzene rings is 1. The quantitative estimate of drug-likeness (QED) is 0.840. The van der Waals surface area contributed by atoms with E-state index in [1.165, 1.54) is 7.05 Å². The van der Waals surface area contributed by atoms with Crippen molar-refractivity contribution in [2.75, 3.05) is 7.05 Å². The van der Waals surface area contributed by atoms with Gasteiger partial charge < -0.3 is 0 Å². The molecule has 2 N–H and O–H groups in total. The SMILES string of the molecule is CNNC(=O)C1(c2cccc(Br)c2)CC(F)(F)C1. The van der Waals surface area contributed by atoms with Crippen LogP contribution >= 0.6 is 15.9 Å². The summed E-state index contributed by atoms with van der Waals surface area (Å²) in [7, 11) is 1.53. The number of nitrogens with one attached hydrogen (secondary N) is 2. The third-order valence-corrected chi connectivity index (χ3v) is 3.66. The van der Waals surface area contributed by atoms with Crippen molar-refractivity contribution in [2.45, 2.75) is 24.2 Å². The zero-order chi connectivity index (χ0) is 13.4. The van der Waals surface area contributed by atoms with Gasteiger partial charge >= 0.3 is 0 Å². The van der Waals surface area contributed by atoms with Gasteiger partial charge in [0.05, 0.1) is 5.41 Å². The summed E-state index contributed by atoms with van der Waals surface area (Å²) in [5, 5.41) is 0. The summed E-state index contributed by atoms with van der Waals surface area (Å²) in [4.78, 5) is 12.0. The van der Waals surface area contributed by atoms with Crippen LogP contribution in [0.1, 0.15) is 18.4 Å². The Morgan fingerprint density at radius 1 is 1.39 bits per heavy atom. The predicted octanol–water partition coefficient (Wildman–Crippen LogP) is 2.37. The van der Waals surface area contributed by atoms with E-state index in [-0.39, 0.29) is 0 Å². The highest BCUT2D eigenvalue weighted by atomic mass is 79.9. The van der Waals surface area contributed by atoms with Gasteiger partial charge in [-0.2, -0.15) is 0 Å². The van der Waals surface area contributed by atoms with Crippen molar-refractivity contribution < 1.29 is 13.6 Å². The molecule has 2 rings (SSSR count). The highest BCUT2D eigenvalue weighted by molar-refractivity contribution is 9.10. The van der Waals surface area contributed by atoms with Gasteiger partial charge in [0.15, 0.2) is 0 Å². The van der Waals surface area contributed by atoms with Crippen molar-refractivity contribution in [1.29, 1.82) is 0 Å². The second-order valence-corrected chi connectivity index (χ2v) is 5.42. The fourth-order valence-electron chi connectivity index (χ4n) is 2.35. The number of carbonyl (C=O) groups is 1. The van der Waals surface area contributed by atoms with E-state index in [9.17, 15) is 13.6 Å². The van der Waals surface area contributed by atoms with Crippen LogP contribution in [0.2, 0.25) is 0 Å². The maximum absolute atomic E-state index is 13.2. The molecule has 0 aromatic heterocycles. The molecule has 1 aliphatic rings. The molecule has 0 heterocycles. The third-order valence-electron chi connectivity index (χ3n) is 3.17. The van der Waals surface area contributed by atoms with Crippen LogP contribution in [0.25, 0.3) is 0 Å². The number of hydrazine groups is 1. The molecule has 6 heteroatoms. The van der Waals surface area contributed by atoms with Crippen LogP contribution in [-0.2, 0) is 10.2 Å².